The number of rotatable bonds is 5. The molecule has 5 nitrogen and oxygen atoms in total. The average molecular weight is 187 g/mol. The molecular formula is C8H17N3O2. The summed E-state index contributed by atoms with van der Waals surface area (Å²) in [7, 11) is 1.59. The summed E-state index contributed by atoms with van der Waals surface area (Å²) in [6.45, 7) is 1.99. The van der Waals surface area contributed by atoms with Crippen molar-refractivity contribution >= 4 is 11.7 Å². The molecule has 5 heteroatoms. The van der Waals surface area contributed by atoms with E-state index in [4.69, 9.17) is 10.8 Å². The fourth-order valence-electron chi connectivity index (χ4n) is 0.794. The molecule has 0 bridgehead atoms. The zero-order chi connectivity index (χ0) is 10.3. The number of carbonyl (C=O) groups is 1. The Balaban J connectivity index is 3.41. The highest BCUT2D eigenvalue weighted by atomic mass is 16.3. The first-order chi connectivity index (χ1) is 6.07. The van der Waals surface area contributed by atoms with Crippen LogP contribution in [0.25, 0.3) is 0 Å². The normalized spacial score (nSPS) is 13.9. The molecule has 0 aliphatic carbocycles. The lowest BCUT2D eigenvalue weighted by atomic mass is 10.1. The van der Waals surface area contributed by atoms with Gasteiger partial charge in [-0.2, -0.15) is 0 Å². The van der Waals surface area contributed by atoms with E-state index in [0.717, 1.165) is 0 Å². The number of nitrogens with zero attached hydrogens (tertiary/aromatic N) is 1. The monoisotopic (exact) mass is 187 g/mol. The van der Waals surface area contributed by atoms with Gasteiger partial charge in [0.25, 0.3) is 0 Å². The fourth-order valence-corrected chi connectivity index (χ4v) is 0.794. The van der Waals surface area contributed by atoms with Crippen LogP contribution in [0.2, 0.25) is 0 Å². The first-order valence-corrected chi connectivity index (χ1v) is 4.22. The third-order valence-electron chi connectivity index (χ3n) is 1.67. The molecule has 0 saturated carbocycles. The van der Waals surface area contributed by atoms with Crippen LogP contribution in [-0.4, -0.2) is 36.5 Å². The van der Waals surface area contributed by atoms with Gasteiger partial charge in [-0.1, -0.05) is 0 Å². The molecule has 4 N–H and O–H groups in total. The van der Waals surface area contributed by atoms with Crippen molar-refractivity contribution in [2.45, 2.75) is 25.9 Å². The van der Waals surface area contributed by atoms with Crippen molar-refractivity contribution in [1.82, 2.24) is 5.32 Å². The van der Waals surface area contributed by atoms with Gasteiger partial charge in [-0.15, -0.1) is 0 Å². The zero-order valence-corrected chi connectivity index (χ0v) is 8.08. The van der Waals surface area contributed by atoms with E-state index < -0.39 is 6.10 Å². The minimum atomic E-state index is -0.846. The van der Waals surface area contributed by atoms with Gasteiger partial charge in [-0.25, -0.2) is 0 Å². The van der Waals surface area contributed by atoms with Crippen molar-refractivity contribution in [2.75, 3.05) is 13.6 Å². The van der Waals surface area contributed by atoms with Crippen LogP contribution in [0.15, 0.2) is 4.99 Å². The third kappa shape index (κ3) is 6.10. The molecule has 0 aromatic carbocycles. The summed E-state index contributed by atoms with van der Waals surface area (Å²) in [6.07, 6.45) is 0.303. The second-order valence-electron chi connectivity index (χ2n) is 2.80. The molecule has 0 aromatic rings. The fraction of sp³-hybridized carbons (Fsp3) is 0.750. The summed E-state index contributed by atoms with van der Waals surface area (Å²) in [6, 6.07) is 0. The maximum Gasteiger partial charge on any atom is 0.188 e. The summed E-state index contributed by atoms with van der Waals surface area (Å²) in [5.74, 6) is 0.175. The van der Waals surface area contributed by atoms with E-state index in [9.17, 15) is 4.79 Å². The molecule has 1 unspecified atom stereocenters. The lowest BCUT2D eigenvalue weighted by Gasteiger charge is -2.07. The van der Waals surface area contributed by atoms with Crippen LogP contribution in [0.4, 0.5) is 0 Å². The van der Waals surface area contributed by atoms with Crippen molar-refractivity contribution in [3.63, 3.8) is 0 Å². The SMILES string of the molecule is CN=C(N)NCCCC(O)C(C)=O. The summed E-state index contributed by atoms with van der Waals surface area (Å²) in [5, 5.41) is 11.9. The number of ketones is 1. The second kappa shape index (κ2) is 6.42. The van der Waals surface area contributed by atoms with Crippen LogP contribution >= 0.6 is 0 Å². The summed E-state index contributed by atoms with van der Waals surface area (Å²) < 4.78 is 0. The Kier molecular flexibility index (Phi) is 5.88. The van der Waals surface area contributed by atoms with Crippen molar-refractivity contribution in [2.24, 2.45) is 10.7 Å². The van der Waals surface area contributed by atoms with Crippen molar-refractivity contribution in [3.8, 4) is 0 Å². The third-order valence-corrected chi connectivity index (χ3v) is 1.67. The average Bonchev–Trinajstić information content (AvgIpc) is 2.11. The molecule has 0 aliphatic rings. The summed E-state index contributed by atoms with van der Waals surface area (Å²) in [4.78, 5) is 14.3. The van der Waals surface area contributed by atoms with Crippen LogP contribution < -0.4 is 11.1 Å². The predicted octanol–water partition coefficient (Wildman–Crippen LogP) is -0.749. The topological polar surface area (TPSA) is 87.7 Å². The lowest BCUT2D eigenvalue weighted by Crippen LogP contribution is -2.32. The number of nitrogens with one attached hydrogen (secondary N) is 1. The van der Waals surface area contributed by atoms with E-state index in [1.807, 2.05) is 0 Å². The highest BCUT2D eigenvalue weighted by Crippen LogP contribution is 1.96. The number of aliphatic imine (C=N–C) groups is 1. The van der Waals surface area contributed by atoms with Gasteiger partial charge in [0.05, 0.1) is 0 Å². The molecule has 0 radical (unpaired) electrons. The number of hydrogen-bond acceptors (Lipinski definition) is 3. The van der Waals surface area contributed by atoms with Crippen LogP contribution in [0.3, 0.4) is 0 Å². The maximum atomic E-state index is 10.6. The van der Waals surface area contributed by atoms with Gasteiger partial charge in [0.15, 0.2) is 11.7 Å². The molecule has 1 atom stereocenters. The van der Waals surface area contributed by atoms with Crippen LogP contribution in [-0.2, 0) is 4.79 Å². The minimum absolute atomic E-state index is 0.197. The Morgan fingerprint density at radius 2 is 2.31 bits per heavy atom. The summed E-state index contributed by atoms with van der Waals surface area (Å²) >= 11 is 0. The number of Topliss-reactive ketones (excluding diaryl/α,β-unsaturated/α-hetero) is 1. The molecular weight excluding hydrogens is 170 g/mol. The lowest BCUT2D eigenvalue weighted by molar-refractivity contribution is -0.125. The molecule has 13 heavy (non-hydrogen) atoms. The van der Waals surface area contributed by atoms with Gasteiger partial charge in [0, 0.05) is 13.6 Å². The number of carbonyl (C=O) groups excluding carboxylic acids is 1. The number of aliphatic hydroxyl groups excluding tert-OH is 1. The highest BCUT2D eigenvalue weighted by Gasteiger charge is 2.07. The highest BCUT2D eigenvalue weighted by molar-refractivity contribution is 5.80. The van der Waals surface area contributed by atoms with Gasteiger partial charge in [0.2, 0.25) is 0 Å². The maximum absolute atomic E-state index is 10.6. The van der Waals surface area contributed by atoms with E-state index in [0.29, 0.717) is 25.3 Å². The van der Waals surface area contributed by atoms with E-state index in [2.05, 4.69) is 10.3 Å². The van der Waals surface area contributed by atoms with E-state index in [1.54, 1.807) is 7.05 Å². The summed E-state index contributed by atoms with van der Waals surface area (Å²) in [5.41, 5.74) is 5.36. The number of guanidine groups is 1. The Labute approximate surface area is 78.0 Å². The number of hydrogen-bond donors (Lipinski definition) is 3. The number of nitrogens with two attached hydrogens (primary N) is 1. The van der Waals surface area contributed by atoms with Crippen molar-refractivity contribution in [1.29, 1.82) is 0 Å². The zero-order valence-electron chi connectivity index (χ0n) is 8.08. The van der Waals surface area contributed by atoms with Crippen molar-refractivity contribution in [3.05, 3.63) is 0 Å². The Bertz CT molecular complexity index is 192. The molecule has 0 amide bonds. The standard InChI is InChI=1S/C8H17N3O2/c1-6(12)7(13)4-3-5-11-8(9)10-2/h7,13H,3-5H2,1-2H3,(H3,9,10,11). The molecule has 0 heterocycles. The molecule has 76 valence electrons. The Hall–Kier alpha value is -1.10. The van der Waals surface area contributed by atoms with E-state index >= 15 is 0 Å². The Morgan fingerprint density at radius 1 is 1.69 bits per heavy atom. The van der Waals surface area contributed by atoms with Crippen LogP contribution in [0.1, 0.15) is 19.8 Å². The van der Waals surface area contributed by atoms with E-state index in [1.165, 1.54) is 6.92 Å². The second-order valence-corrected chi connectivity index (χ2v) is 2.80. The predicted molar refractivity (Wildman–Crippen MR) is 51.5 cm³/mol. The van der Waals surface area contributed by atoms with Gasteiger partial charge in [0.1, 0.15) is 6.10 Å². The van der Waals surface area contributed by atoms with Gasteiger partial charge >= 0.3 is 0 Å². The molecule has 0 rings (SSSR count). The quantitative estimate of drug-likeness (QED) is 0.300. The molecule has 0 aliphatic heterocycles. The van der Waals surface area contributed by atoms with E-state index in [-0.39, 0.29) is 5.78 Å². The molecule has 0 fully saturated rings. The van der Waals surface area contributed by atoms with Crippen molar-refractivity contribution < 1.29 is 9.90 Å². The molecule has 0 spiro atoms. The van der Waals surface area contributed by atoms with Gasteiger partial charge < -0.3 is 16.2 Å². The smallest absolute Gasteiger partial charge is 0.188 e. The Morgan fingerprint density at radius 3 is 2.77 bits per heavy atom. The molecule has 0 aromatic heterocycles. The van der Waals surface area contributed by atoms with Gasteiger partial charge in [-0.3, -0.25) is 9.79 Å². The first-order valence-electron chi connectivity index (χ1n) is 4.22. The number of aliphatic hydroxyl groups is 1. The first kappa shape index (κ1) is 11.9. The van der Waals surface area contributed by atoms with Crippen LogP contribution in [0.5, 0.6) is 0 Å². The van der Waals surface area contributed by atoms with Crippen LogP contribution in [0, 0.1) is 0 Å². The van der Waals surface area contributed by atoms with Gasteiger partial charge in [-0.05, 0) is 19.8 Å². The molecule has 0 saturated heterocycles. The largest absolute Gasteiger partial charge is 0.385 e. The minimum Gasteiger partial charge on any atom is -0.385 e.